The predicted molar refractivity (Wildman–Crippen MR) is 102 cm³/mol. The number of hydrogen-bond acceptors (Lipinski definition) is 3. The molecule has 4 saturated carbocycles. The van der Waals surface area contributed by atoms with E-state index in [0.29, 0.717) is 31.3 Å². The van der Waals surface area contributed by atoms with Crippen LogP contribution in [0.5, 0.6) is 0 Å². The first-order valence-corrected chi connectivity index (χ1v) is 12.1. The van der Waals surface area contributed by atoms with Gasteiger partial charge < -0.3 is 4.90 Å². The first-order chi connectivity index (χ1) is 12.2. The van der Waals surface area contributed by atoms with Gasteiger partial charge in [0.1, 0.15) is 0 Å². The zero-order valence-electron chi connectivity index (χ0n) is 16.0. The number of nitrogens with zero attached hydrogens (tertiary/aromatic N) is 1. The van der Waals surface area contributed by atoms with Crippen molar-refractivity contribution >= 4 is 15.9 Å². The molecule has 0 unspecified atom stereocenters. The van der Waals surface area contributed by atoms with Crippen molar-refractivity contribution in [3.05, 3.63) is 11.6 Å². The molecule has 0 spiro atoms. The van der Waals surface area contributed by atoms with Crippen LogP contribution in [0.15, 0.2) is 11.6 Å². The standard InChI is InChI=1S/C20H32N2O3S/c1-14(20-11-15-8-16(12-20)10-17(9-15)13-20)7-19(23)22-5-3-18(4-6-22)21-26(2,24)25/h7,15-18,21H,3-6,8-13H2,1-2H3/b14-7-. The second-order valence-corrected chi connectivity index (χ2v) is 11.3. The van der Waals surface area contributed by atoms with Crippen LogP contribution < -0.4 is 4.72 Å². The Morgan fingerprint density at radius 1 is 1.04 bits per heavy atom. The van der Waals surface area contributed by atoms with Gasteiger partial charge in [0.05, 0.1) is 6.26 Å². The molecule has 5 rings (SSSR count). The van der Waals surface area contributed by atoms with E-state index in [2.05, 4.69) is 11.6 Å². The second kappa shape index (κ2) is 6.62. The topological polar surface area (TPSA) is 66.5 Å². The number of allylic oxidation sites excluding steroid dienone is 1. The molecule has 0 aromatic heterocycles. The van der Waals surface area contributed by atoms with E-state index in [0.717, 1.165) is 17.8 Å². The zero-order valence-corrected chi connectivity index (χ0v) is 16.9. The summed E-state index contributed by atoms with van der Waals surface area (Å²) in [5.41, 5.74) is 1.60. The van der Waals surface area contributed by atoms with E-state index < -0.39 is 10.0 Å². The summed E-state index contributed by atoms with van der Waals surface area (Å²) in [5.74, 6) is 2.78. The molecule has 1 N–H and O–H groups in total. The molecule has 1 amide bonds. The van der Waals surface area contributed by atoms with Crippen LogP contribution in [0.1, 0.15) is 58.3 Å². The molecule has 26 heavy (non-hydrogen) atoms. The third kappa shape index (κ3) is 3.72. The minimum absolute atomic E-state index is 0.0396. The molecule has 6 heteroatoms. The highest BCUT2D eigenvalue weighted by Crippen LogP contribution is 2.62. The summed E-state index contributed by atoms with van der Waals surface area (Å²) >= 11 is 0. The van der Waals surface area contributed by atoms with Crippen LogP contribution in [0.4, 0.5) is 0 Å². The van der Waals surface area contributed by atoms with Crippen LogP contribution in [0.2, 0.25) is 0 Å². The van der Waals surface area contributed by atoms with Gasteiger partial charge in [-0.1, -0.05) is 5.57 Å². The van der Waals surface area contributed by atoms with Gasteiger partial charge >= 0.3 is 0 Å². The summed E-state index contributed by atoms with van der Waals surface area (Å²) in [6, 6.07) is -0.0396. The van der Waals surface area contributed by atoms with Crippen LogP contribution in [0.25, 0.3) is 0 Å². The highest BCUT2D eigenvalue weighted by atomic mass is 32.2. The first-order valence-electron chi connectivity index (χ1n) is 10.2. The Bertz CT molecular complexity index is 669. The van der Waals surface area contributed by atoms with Crippen molar-refractivity contribution in [2.45, 2.75) is 64.3 Å². The lowest BCUT2D eigenvalue weighted by Crippen LogP contribution is -2.47. The van der Waals surface area contributed by atoms with Crippen molar-refractivity contribution in [2.75, 3.05) is 19.3 Å². The quantitative estimate of drug-likeness (QED) is 0.763. The number of piperidine rings is 1. The van der Waals surface area contributed by atoms with E-state index in [1.165, 1.54) is 50.4 Å². The molecule has 4 aliphatic carbocycles. The Balaban J connectivity index is 1.39. The second-order valence-electron chi connectivity index (χ2n) is 9.51. The fourth-order valence-corrected chi connectivity index (χ4v) is 7.38. The number of amides is 1. The lowest BCUT2D eigenvalue weighted by atomic mass is 9.48. The molecule has 5 fully saturated rings. The van der Waals surface area contributed by atoms with Gasteiger partial charge in [0.25, 0.3) is 0 Å². The van der Waals surface area contributed by atoms with E-state index in [-0.39, 0.29) is 11.9 Å². The van der Waals surface area contributed by atoms with Gasteiger partial charge in [-0.2, -0.15) is 0 Å². The zero-order chi connectivity index (χ0) is 18.5. The molecule has 146 valence electrons. The van der Waals surface area contributed by atoms with Gasteiger partial charge in [-0.25, -0.2) is 13.1 Å². The summed E-state index contributed by atoms with van der Waals surface area (Å²) in [7, 11) is -3.17. The van der Waals surface area contributed by atoms with Crippen LogP contribution >= 0.6 is 0 Å². The maximum atomic E-state index is 12.8. The van der Waals surface area contributed by atoms with E-state index >= 15 is 0 Å². The Kier molecular flexibility index (Phi) is 4.71. The maximum absolute atomic E-state index is 12.8. The fourth-order valence-electron chi connectivity index (χ4n) is 6.54. The Morgan fingerprint density at radius 3 is 2.00 bits per heavy atom. The fraction of sp³-hybridized carbons (Fsp3) is 0.850. The summed E-state index contributed by atoms with van der Waals surface area (Å²) in [6.45, 7) is 3.45. The van der Waals surface area contributed by atoms with Gasteiger partial charge in [-0.05, 0) is 81.5 Å². The normalized spacial score (nSPS) is 38.0. The van der Waals surface area contributed by atoms with E-state index in [1.54, 1.807) is 0 Å². The third-order valence-electron chi connectivity index (χ3n) is 7.40. The van der Waals surface area contributed by atoms with Gasteiger partial charge in [-0.3, -0.25) is 4.79 Å². The van der Waals surface area contributed by atoms with Crippen LogP contribution in [-0.4, -0.2) is 44.6 Å². The summed E-state index contributed by atoms with van der Waals surface area (Å²) in [4.78, 5) is 14.7. The number of carbonyl (C=O) groups is 1. The molecule has 1 aliphatic heterocycles. The molecular weight excluding hydrogens is 348 g/mol. The predicted octanol–water partition coefficient (Wildman–Crippen LogP) is 2.69. The number of rotatable bonds is 4. The third-order valence-corrected chi connectivity index (χ3v) is 8.16. The van der Waals surface area contributed by atoms with E-state index in [9.17, 15) is 13.2 Å². The van der Waals surface area contributed by atoms with Crippen molar-refractivity contribution < 1.29 is 13.2 Å². The smallest absolute Gasteiger partial charge is 0.246 e. The van der Waals surface area contributed by atoms with Crippen molar-refractivity contribution in [2.24, 2.45) is 23.2 Å². The molecule has 0 atom stereocenters. The van der Waals surface area contributed by atoms with E-state index in [4.69, 9.17) is 0 Å². The van der Waals surface area contributed by atoms with Crippen molar-refractivity contribution in [1.29, 1.82) is 0 Å². The Labute approximate surface area is 157 Å². The molecular formula is C20H32N2O3S. The molecule has 5 nitrogen and oxygen atoms in total. The number of likely N-dealkylation sites (tertiary alicyclic amines) is 1. The van der Waals surface area contributed by atoms with Crippen molar-refractivity contribution in [3.63, 3.8) is 0 Å². The van der Waals surface area contributed by atoms with Gasteiger partial charge in [0.15, 0.2) is 0 Å². The van der Waals surface area contributed by atoms with Crippen LogP contribution in [0.3, 0.4) is 0 Å². The lowest BCUT2D eigenvalue weighted by molar-refractivity contribution is -0.127. The van der Waals surface area contributed by atoms with Crippen LogP contribution in [0, 0.1) is 23.2 Å². The molecule has 0 aromatic rings. The molecule has 0 aromatic carbocycles. The highest BCUT2D eigenvalue weighted by Gasteiger charge is 2.51. The van der Waals surface area contributed by atoms with Gasteiger partial charge in [-0.15, -0.1) is 0 Å². The number of sulfonamides is 1. The molecule has 0 radical (unpaired) electrons. The average Bonchev–Trinajstić information content (AvgIpc) is 2.52. The maximum Gasteiger partial charge on any atom is 0.246 e. The highest BCUT2D eigenvalue weighted by molar-refractivity contribution is 7.88. The number of carbonyl (C=O) groups excluding carboxylic acids is 1. The Morgan fingerprint density at radius 2 is 1.54 bits per heavy atom. The largest absolute Gasteiger partial charge is 0.339 e. The van der Waals surface area contributed by atoms with Crippen molar-refractivity contribution in [1.82, 2.24) is 9.62 Å². The molecule has 1 saturated heterocycles. The number of nitrogens with one attached hydrogen (secondary N) is 1. The summed E-state index contributed by atoms with van der Waals surface area (Å²) < 4.78 is 25.4. The Hall–Kier alpha value is -0.880. The monoisotopic (exact) mass is 380 g/mol. The minimum atomic E-state index is -3.17. The minimum Gasteiger partial charge on any atom is -0.339 e. The van der Waals surface area contributed by atoms with Gasteiger partial charge in [0, 0.05) is 25.2 Å². The summed E-state index contributed by atoms with van der Waals surface area (Å²) in [6.07, 6.45) is 12.6. The first kappa shape index (κ1) is 18.5. The summed E-state index contributed by atoms with van der Waals surface area (Å²) in [5, 5.41) is 0. The van der Waals surface area contributed by atoms with Crippen molar-refractivity contribution in [3.8, 4) is 0 Å². The molecule has 4 bridgehead atoms. The van der Waals surface area contributed by atoms with E-state index in [1.807, 2.05) is 11.0 Å². The van der Waals surface area contributed by atoms with Gasteiger partial charge in [0.2, 0.25) is 15.9 Å². The number of hydrogen-bond donors (Lipinski definition) is 1. The lowest BCUT2D eigenvalue weighted by Gasteiger charge is -2.57. The molecule has 1 heterocycles. The van der Waals surface area contributed by atoms with Crippen LogP contribution in [-0.2, 0) is 14.8 Å². The average molecular weight is 381 g/mol. The SMILES string of the molecule is C/C(=C/C(=O)N1CCC(NS(C)(=O)=O)CC1)C12CC3CC(CC(C3)C1)C2. The molecule has 5 aliphatic rings.